The molecule has 5 nitrogen and oxygen atoms in total. The van der Waals surface area contributed by atoms with Crippen molar-refractivity contribution in [3.05, 3.63) is 65.4 Å². The predicted molar refractivity (Wildman–Crippen MR) is 95.7 cm³/mol. The predicted octanol–water partition coefficient (Wildman–Crippen LogP) is 4.03. The van der Waals surface area contributed by atoms with E-state index in [1.54, 1.807) is 12.4 Å². The van der Waals surface area contributed by atoms with Gasteiger partial charge in [-0.05, 0) is 57.5 Å². The van der Waals surface area contributed by atoms with E-state index in [0.717, 1.165) is 33.9 Å². The van der Waals surface area contributed by atoms with E-state index in [2.05, 4.69) is 51.2 Å². The van der Waals surface area contributed by atoms with Crippen LogP contribution in [-0.4, -0.2) is 19.9 Å². The van der Waals surface area contributed by atoms with Crippen LogP contribution in [0.4, 0.5) is 5.95 Å². The zero-order chi connectivity index (χ0) is 17.1. The maximum absolute atomic E-state index is 4.64. The molecule has 0 radical (unpaired) electrons. The van der Waals surface area contributed by atoms with Gasteiger partial charge in [-0.3, -0.25) is 9.97 Å². The highest BCUT2D eigenvalue weighted by Crippen LogP contribution is 2.23. The summed E-state index contributed by atoms with van der Waals surface area (Å²) in [6.07, 6.45) is 3.57. The monoisotopic (exact) mass is 319 g/mol. The van der Waals surface area contributed by atoms with Gasteiger partial charge in [0.05, 0.1) is 17.4 Å². The Bertz CT molecular complexity index is 860. The normalized spacial score (nSPS) is 12.0. The average Bonchev–Trinajstić information content (AvgIpc) is 2.55. The molecular weight excluding hydrogens is 298 g/mol. The van der Waals surface area contributed by atoms with E-state index in [4.69, 9.17) is 0 Å². The molecule has 1 N–H and O–H groups in total. The number of rotatable bonds is 4. The highest BCUT2D eigenvalue weighted by molar-refractivity contribution is 5.62. The highest BCUT2D eigenvalue weighted by atomic mass is 15.1. The Labute approximate surface area is 142 Å². The van der Waals surface area contributed by atoms with Crippen molar-refractivity contribution in [2.24, 2.45) is 0 Å². The summed E-state index contributed by atoms with van der Waals surface area (Å²) < 4.78 is 0. The minimum Gasteiger partial charge on any atom is -0.346 e. The molecule has 0 aromatic carbocycles. The zero-order valence-electron chi connectivity index (χ0n) is 14.4. The lowest BCUT2D eigenvalue weighted by molar-refractivity contribution is 0.812. The van der Waals surface area contributed by atoms with E-state index >= 15 is 0 Å². The van der Waals surface area contributed by atoms with Gasteiger partial charge in [0.2, 0.25) is 5.95 Å². The molecule has 3 aromatic rings. The van der Waals surface area contributed by atoms with Crippen LogP contribution >= 0.6 is 0 Å². The molecular formula is C19H21N5. The van der Waals surface area contributed by atoms with Gasteiger partial charge < -0.3 is 5.32 Å². The summed E-state index contributed by atoms with van der Waals surface area (Å²) in [5, 5.41) is 3.33. The van der Waals surface area contributed by atoms with Crippen LogP contribution in [-0.2, 0) is 0 Å². The minimum absolute atomic E-state index is 0.0266. The van der Waals surface area contributed by atoms with Gasteiger partial charge in [0, 0.05) is 29.3 Å². The van der Waals surface area contributed by atoms with E-state index in [-0.39, 0.29) is 6.04 Å². The SMILES string of the molecule is Cc1ccc(-c2ccnc(N[C@H](C)c3ncccc3C)n2)c(C)n1. The number of anilines is 1. The second-order valence-corrected chi connectivity index (χ2v) is 5.92. The lowest BCUT2D eigenvalue weighted by Crippen LogP contribution is -2.12. The van der Waals surface area contributed by atoms with Crippen molar-refractivity contribution in [2.45, 2.75) is 33.7 Å². The fourth-order valence-electron chi connectivity index (χ4n) is 2.75. The van der Waals surface area contributed by atoms with E-state index < -0.39 is 0 Å². The van der Waals surface area contributed by atoms with Crippen molar-refractivity contribution < 1.29 is 0 Å². The second kappa shape index (κ2) is 6.74. The van der Waals surface area contributed by atoms with Gasteiger partial charge >= 0.3 is 0 Å². The lowest BCUT2D eigenvalue weighted by Gasteiger charge is -2.15. The number of hydrogen-bond acceptors (Lipinski definition) is 5. The molecule has 0 saturated heterocycles. The number of hydrogen-bond donors (Lipinski definition) is 1. The molecule has 3 aromatic heterocycles. The summed E-state index contributed by atoms with van der Waals surface area (Å²) in [5.41, 5.74) is 6.00. The number of aromatic nitrogens is 4. The fraction of sp³-hybridized carbons (Fsp3) is 0.263. The van der Waals surface area contributed by atoms with Crippen LogP contribution in [0.15, 0.2) is 42.7 Å². The van der Waals surface area contributed by atoms with Crippen LogP contribution < -0.4 is 5.32 Å². The Morgan fingerprint density at radius 1 is 0.917 bits per heavy atom. The topological polar surface area (TPSA) is 63.6 Å². The third kappa shape index (κ3) is 3.40. The number of pyridine rings is 2. The van der Waals surface area contributed by atoms with E-state index in [0.29, 0.717) is 5.95 Å². The molecule has 0 spiro atoms. The smallest absolute Gasteiger partial charge is 0.223 e. The number of nitrogens with zero attached hydrogens (tertiary/aromatic N) is 4. The largest absolute Gasteiger partial charge is 0.346 e. The van der Waals surface area contributed by atoms with Crippen LogP contribution in [0.1, 0.15) is 35.6 Å². The first-order chi connectivity index (χ1) is 11.5. The first-order valence-electron chi connectivity index (χ1n) is 8.00. The molecule has 3 heterocycles. The van der Waals surface area contributed by atoms with E-state index in [1.807, 2.05) is 32.0 Å². The van der Waals surface area contributed by atoms with E-state index in [9.17, 15) is 0 Å². The Morgan fingerprint density at radius 2 is 1.75 bits per heavy atom. The Hall–Kier alpha value is -2.82. The molecule has 0 unspecified atom stereocenters. The van der Waals surface area contributed by atoms with Gasteiger partial charge in [-0.15, -0.1) is 0 Å². The molecule has 122 valence electrons. The van der Waals surface area contributed by atoms with Gasteiger partial charge in [0.25, 0.3) is 0 Å². The van der Waals surface area contributed by atoms with Crippen LogP contribution in [0, 0.1) is 20.8 Å². The average molecular weight is 319 g/mol. The zero-order valence-corrected chi connectivity index (χ0v) is 14.4. The van der Waals surface area contributed by atoms with Gasteiger partial charge in [0.1, 0.15) is 0 Å². The highest BCUT2D eigenvalue weighted by Gasteiger charge is 2.12. The lowest BCUT2D eigenvalue weighted by atomic mass is 10.1. The first kappa shape index (κ1) is 16.1. The van der Waals surface area contributed by atoms with Crippen LogP contribution in [0.5, 0.6) is 0 Å². The summed E-state index contributed by atoms with van der Waals surface area (Å²) in [4.78, 5) is 17.9. The maximum atomic E-state index is 4.64. The van der Waals surface area contributed by atoms with Crippen LogP contribution in [0.25, 0.3) is 11.3 Å². The van der Waals surface area contributed by atoms with Crippen LogP contribution in [0.3, 0.4) is 0 Å². The van der Waals surface area contributed by atoms with Crippen LogP contribution in [0.2, 0.25) is 0 Å². The summed E-state index contributed by atoms with van der Waals surface area (Å²) in [5.74, 6) is 0.588. The van der Waals surface area contributed by atoms with Crippen molar-refractivity contribution >= 4 is 5.95 Å². The Balaban J connectivity index is 1.87. The molecule has 5 heteroatoms. The molecule has 0 aliphatic heterocycles. The van der Waals surface area contributed by atoms with Gasteiger partial charge in [-0.25, -0.2) is 9.97 Å². The van der Waals surface area contributed by atoms with Gasteiger partial charge in [-0.1, -0.05) is 6.07 Å². The summed E-state index contributed by atoms with van der Waals surface area (Å²) >= 11 is 0. The fourth-order valence-corrected chi connectivity index (χ4v) is 2.75. The molecule has 0 fully saturated rings. The third-order valence-electron chi connectivity index (χ3n) is 3.96. The molecule has 3 rings (SSSR count). The molecule has 0 amide bonds. The Kier molecular flexibility index (Phi) is 4.51. The summed E-state index contributed by atoms with van der Waals surface area (Å²) in [6, 6.07) is 9.97. The van der Waals surface area contributed by atoms with Gasteiger partial charge in [-0.2, -0.15) is 0 Å². The van der Waals surface area contributed by atoms with Crippen molar-refractivity contribution in [1.29, 1.82) is 0 Å². The molecule has 0 aliphatic carbocycles. The number of nitrogens with one attached hydrogen (secondary N) is 1. The second-order valence-electron chi connectivity index (χ2n) is 5.92. The quantitative estimate of drug-likeness (QED) is 0.786. The Morgan fingerprint density at radius 3 is 2.50 bits per heavy atom. The van der Waals surface area contributed by atoms with Crippen molar-refractivity contribution in [3.8, 4) is 11.3 Å². The third-order valence-corrected chi connectivity index (χ3v) is 3.96. The maximum Gasteiger partial charge on any atom is 0.223 e. The molecule has 0 saturated carbocycles. The number of aryl methyl sites for hydroxylation is 3. The standard InChI is InChI=1S/C19H21N5/c1-12-6-5-10-20-18(12)15(4)23-19-21-11-9-17(24-19)16-8-7-13(2)22-14(16)3/h5-11,15H,1-4H3,(H,21,23,24)/t15-/m1/s1. The molecule has 0 bridgehead atoms. The van der Waals surface area contributed by atoms with Crippen molar-refractivity contribution in [2.75, 3.05) is 5.32 Å². The van der Waals surface area contributed by atoms with Gasteiger partial charge in [0.15, 0.2) is 0 Å². The van der Waals surface area contributed by atoms with E-state index in [1.165, 1.54) is 0 Å². The summed E-state index contributed by atoms with van der Waals surface area (Å²) in [6.45, 7) is 8.10. The van der Waals surface area contributed by atoms with Crippen molar-refractivity contribution in [3.63, 3.8) is 0 Å². The minimum atomic E-state index is 0.0266. The molecule has 1 atom stereocenters. The molecule has 0 aliphatic rings. The van der Waals surface area contributed by atoms with Crippen molar-refractivity contribution in [1.82, 2.24) is 19.9 Å². The summed E-state index contributed by atoms with van der Waals surface area (Å²) in [7, 11) is 0. The first-order valence-corrected chi connectivity index (χ1v) is 8.00. The molecule has 24 heavy (non-hydrogen) atoms.